The fraction of sp³-hybridized carbons (Fsp3) is 0.391. The van der Waals surface area contributed by atoms with Crippen LogP contribution < -0.4 is 0 Å². The molecule has 2 unspecified atom stereocenters. The van der Waals surface area contributed by atoms with Crippen LogP contribution in [0.4, 0.5) is 9.18 Å². The molecule has 0 aromatic heterocycles. The van der Waals surface area contributed by atoms with Gasteiger partial charge in [-0.2, -0.15) is 0 Å². The standard InChI is InChI=1S/C23H24FNO4/c24-21(22(26)27)15-6-5-12-25(13-11-15)23(28)29-14-20-18-9-3-1-7-16(18)17-8-2-4-10-19(17)20/h1-4,7-10,15,20-21H,5-6,11-14H2,(H,26,27). The van der Waals surface area contributed by atoms with E-state index in [0.29, 0.717) is 32.4 Å². The van der Waals surface area contributed by atoms with E-state index in [9.17, 15) is 14.0 Å². The van der Waals surface area contributed by atoms with Gasteiger partial charge in [-0.25, -0.2) is 14.0 Å². The summed E-state index contributed by atoms with van der Waals surface area (Å²) >= 11 is 0. The summed E-state index contributed by atoms with van der Waals surface area (Å²) in [5, 5.41) is 8.89. The van der Waals surface area contributed by atoms with Gasteiger partial charge in [0, 0.05) is 24.9 Å². The topological polar surface area (TPSA) is 66.8 Å². The molecule has 0 spiro atoms. The van der Waals surface area contributed by atoms with Crippen LogP contribution in [0.25, 0.3) is 11.1 Å². The van der Waals surface area contributed by atoms with Gasteiger partial charge in [-0.3, -0.25) is 0 Å². The molecule has 0 saturated carbocycles. The highest BCUT2D eigenvalue weighted by molar-refractivity contribution is 5.79. The molecule has 1 aliphatic carbocycles. The lowest BCUT2D eigenvalue weighted by molar-refractivity contribution is -0.145. The Morgan fingerprint density at radius 2 is 1.66 bits per heavy atom. The number of fused-ring (bicyclic) bond motifs is 3. The van der Waals surface area contributed by atoms with E-state index < -0.39 is 24.2 Å². The third-order valence-electron chi connectivity index (χ3n) is 6.02. The van der Waals surface area contributed by atoms with Crippen LogP contribution in [-0.4, -0.2) is 47.9 Å². The van der Waals surface area contributed by atoms with Gasteiger partial charge in [0.05, 0.1) is 0 Å². The van der Waals surface area contributed by atoms with E-state index in [1.54, 1.807) is 4.90 Å². The van der Waals surface area contributed by atoms with Crippen LogP contribution >= 0.6 is 0 Å². The highest BCUT2D eigenvalue weighted by Crippen LogP contribution is 2.44. The fourth-order valence-corrected chi connectivity index (χ4v) is 4.48. The van der Waals surface area contributed by atoms with E-state index in [2.05, 4.69) is 24.3 Å². The van der Waals surface area contributed by atoms with Crippen molar-refractivity contribution in [2.45, 2.75) is 31.4 Å². The van der Waals surface area contributed by atoms with Crippen LogP contribution in [-0.2, 0) is 9.53 Å². The van der Waals surface area contributed by atoms with Crippen molar-refractivity contribution in [3.05, 3.63) is 59.7 Å². The highest BCUT2D eigenvalue weighted by atomic mass is 19.1. The molecule has 1 N–H and O–H groups in total. The number of hydrogen-bond donors (Lipinski definition) is 1. The van der Waals surface area contributed by atoms with Crippen LogP contribution in [0.5, 0.6) is 0 Å². The fourth-order valence-electron chi connectivity index (χ4n) is 4.48. The van der Waals surface area contributed by atoms with E-state index in [1.807, 2.05) is 24.3 Å². The molecular formula is C23H24FNO4. The van der Waals surface area contributed by atoms with E-state index >= 15 is 0 Å². The summed E-state index contributed by atoms with van der Waals surface area (Å²) < 4.78 is 19.5. The second kappa shape index (κ2) is 8.23. The van der Waals surface area contributed by atoms with Crippen molar-refractivity contribution >= 4 is 12.1 Å². The molecule has 1 amide bonds. The molecule has 1 fully saturated rings. The van der Waals surface area contributed by atoms with Crippen molar-refractivity contribution in [1.29, 1.82) is 0 Å². The predicted octanol–water partition coefficient (Wildman–Crippen LogP) is 4.46. The first-order valence-electron chi connectivity index (χ1n) is 10.0. The first kappa shape index (κ1) is 19.4. The quantitative estimate of drug-likeness (QED) is 0.827. The largest absolute Gasteiger partial charge is 0.479 e. The number of alkyl halides is 1. The van der Waals surface area contributed by atoms with Crippen molar-refractivity contribution in [2.75, 3.05) is 19.7 Å². The molecule has 0 radical (unpaired) electrons. The summed E-state index contributed by atoms with van der Waals surface area (Å²) in [7, 11) is 0. The van der Waals surface area contributed by atoms with Crippen LogP contribution in [0.2, 0.25) is 0 Å². The normalized spacial score (nSPS) is 19.8. The number of ether oxygens (including phenoxy) is 1. The Morgan fingerprint density at radius 1 is 1.03 bits per heavy atom. The van der Waals surface area contributed by atoms with Gasteiger partial charge < -0.3 is 14.7 Å². The number of likely N-dealkylation sites (tertiary alicyclic amines) is 1. The van der Waals surface area contributed by atoms with Gasteiger partial charge in [0.1, 0.15) is 6.61 Å². The molecule has 2 aromatic carbocycles. The summed E-state index contributed by atoms with van der Waals surface area (Å²) in [6.07, 6.45) is -0.934. The highest BCUT2D eigenvalue weighted by Gasteiger charge is 2.32. The minimum absolute atomic E-state index is 0.00620. The Labute approximate surface area is 169 Å². The molecule has 1 saturated heterocycles. The SMILES string of the molecule is O=C(O)C(F)C1CCCN(C(=O)OCC2c3ccccc3-c3ccccc32)CC1. The first-order valence-corrected chi connectivity index (χ1v) is 10.0. The molecule has 2 atom stereocenters. The van der Waals surface area contributed by atoms with Gasteiger partial charge in [-0.05, 0) is 41.5 Å². The maximum Gasteiger partial charge on any atom is 0.409 e. The van der Waals surface area contributed by atoms with Crippen molar-refractivity contribution < 1.29 is 23.8 Å². The van der Waals surface area contributed by atoms with Gasteiger partial charge in [-0.1, -0.05) is 48.5 Å². The molecule has 6 heteroatoms. The monoisotopic (exact) mass is 397 g/mol. The second-order valence-corrected chi connectivity index (χ2v) is 7.72. The van der Waals surface area contributed by atoms with Crippen molar-refractivity contribution in [1.82, 2.24) is 4.90 Å². The number of carbonyl (C=O) groups excluding carboxylic acids is 1. The predicted molar refractivity (Wildman–Crippen MR) is 107 cm³/mol. The van der Waals surface area contributed by atoms with Crippen molar-refractivity contribution in [3.63, 3.8) is 0 Å². The minimum Gasteiger partial charge on any atom is -0.479 e. The number of nitrogens with zero attached hydrogens (tertiary/aromatic N) is 1. The number of carboxylic acid groups (broad SMARTS) is 1. The molecule has 152 valence electrons. The molecule has 2 aromatic rings. The zero-order valence-electron chi connectivity index (χ0n) is 16.1. The van der Waals surface area contributed by atoms with Crippen LogP contribution in [0.15, 0.2) is 48.5 Å². The summed E-state index contributed by atoms with van der Waals surface area (Å²) in [5.74, 6) is -1.99. The number of carboxylic acids is 1. The van der Waals surface area contributed by atoms with E-state index in [-0.39, 0.29) is 12.5 Å². The zero-order chi connectivity index (χ0) is 20.4. The molecule has 0 bridgehead atoms. The Morgan fingerprint density at radius 3 is 2.28 bits per heavy atom. The Bertz CT molecular complexity index is 870. The Balaban J connectivity index is 1.41. The molecule has 29 heavy (non-hydrogen) atoms. The van der Waals surface area contributed by atoms with Crippen LogP contribution in [0.3, 0.4) is 0 Å². The number of aliphatic carboxylic acids is 1. The maximum atomic E-state index is 13.8. The number of carbonyl (C=O) groups is 2. The number of hydrogen-bond acceptors (Lipinski definition) is 3. The van der Waals surface area contributed by atoms with E-state index in [4.69, 9.17) is 9.84 Å². The van der Waals surface area contributed by atoms with Gasteiger partial charge >= 0.3 is 12.1 Å². The lowest BCUT2D eigenvalue weighted by Crippen LogP contribution is -2.34. The van der Waals surface area contributed by atoms with E-state index in [0.717, 1.165) is 11.1 Å². The first-order chi connectivity index (χ1) is 14.1. The van der Waals surface area contributed by atoms with Gasteiger partial charge in [0.15, 0.2) is 6.17 Å². The van der Waals surface area contributed by atoms with Crippen LogP contribution in [0.1, 0.15) is 36.3 Å². The number of rotatable bonds is 4. The number of amides is 1. The maximum absolute atomic E-state index is 13.8. The van der Waals surface area contributed by atoms with Crippen molar-refractivity contribution in [2.24, 2.45) is 5.92 Å². The molecule has 1 heterocycles. The molecular weight excluding hydrogens is 373 g/mol. The average Bonchev–Trinajstić information content (AvgIpc) is 2.88. The number of halogens is 1. The molecule has 4 rings (SSSR count). The summed E-state index contributed by atoms with van der Waals surface area (Å²) in [6, 6.07) is 16.3. The van der Waals surface area contributed by atoms with E-state index in [1.165, 1.54) is 11.1 Å². The van der Waals surface area contributed by atoms with Gasteiger partial charge in [-0.15, -0.1) is 0 Å². The lowest BCUT2D eigenvalue weighted by atomic mass is 9.95. The summed E-state index contributed by atoms with van der Waals surface area (Å²) in [4.78, 5) is 25.1. The molecule has 1 aliphatic heterocycles. The zero-order valence-corrected chi connectivity index (χ0v) is 16.1. The Hall–Kier alpha value is -2.89. The smallest absolute Gasteiger partial charge is 0.409 e. The number of benzene rings is 2. The molecule has 2 aliphatic rings. The summed E-state index contributed by atoms with van der Waals surface area (Å²) in [5.41, 5.74) is 4.65. The lowest BCUT2D eigenvalue weighted by Gasteiger charge is -2.22. The third kappa shape index (κ3) is 3.84. The average molecular weight is 397 g/mol. The summed E-state index contributed by atoms with van der Waals surface area (Å²) in [6.45, 7) is 1.02. The molecule has 5 nitrogen and oxygen atoms in total. The van der Waals surface area contributed by atoms with Gasteiger partial charge in [0.2, 0.25) is 0 Å². The second-order valence-electron chi connectivity index (χ2n) is 7.72. The Kier molecular flexibility index (Phi) is 5.51. The van der Waals surface area contributed by atoms with Gasteiger partial charge in [0.25, 0.3) is 0 Å². The van der Waals surface area contributed by atoms with Crippen LogP contribution in [0, 0.1) is 5.92 Å². The van der Waals surface area contributed by atoms with Crippen molar-refractivity contribution in [3.8, 4) is 11.1 Å². The third-order valence-corrected chi connectivity index (χ3v) is 6.02. The minimum atomic E-state index is -1.88.